The van der Waals surface area contributed by atoms with Gasteiger partial charge in [0.15, 0.2) is 5.82 Å². The zero-order chi connectivity index (χ0) is 12.0. The van der Waals surface area contributed by atoms with E-state index in [1.54, 1.807) is 4.68 Å². The summed E-state index contributed by atoms with van der Waals surface area (Å²) >= 11 is 0. The highest BCUT2D eigenvalue weighted by Gasteiger charge is 2.14. The number of hydrogen-bond donors (Lipinski definition) is 1. The van der Waals surface area contributed by atoms with Crippen LogP contribution < -0.4 is 5.32 Å². The fraction of sp³-hybridized carbons (Fsp3) is 0.909. The molecule has 1 aromatic heterocycles. The standard InChI is InChI=1S/C11H23N5/c1-5-6-12-10(7-9(2)3)8-11-13-14-15-16(11)4/h9-10,12H,5-8H2,1-4H3. The molecule has 0 aliphatic carbocycles. The Balaban J connectivity index is 2.52. The Morgan fingerprint density at radius 2 is 2.12 bits per heavy atom. The van der Waals surface area contributed by atoms with Crippen LogP contribution >= 0.6 is 0 Å². The van der Waals surface area contributed by atoms with Gasteiger partial charge in [-0.15, -0.1) is 5.10 Å². The molecule has 1 aromatic rings. The Labute approximate surface area is 97.6 Å². The summed E-state index contributed by atoms with van der Waals surface area (Å²) in [6.07, 6.45) is 3.22. The van der Waals surface area contributed by atoms with Crippen molar-refractivity contribution in [2.45, 2.75) is 46.1 Å². The number of rotatable bonds is 7. The number of aromatic nitrogens is 4. The van der Waals surface area contributed by atoms with E-state index in [9.17, 15) is 0 Å². The highest BCUT2D eigenvalue weighted by molar-refractivity contribution is 4.86. The molecule has 0 saturated carbocycles. The van der Waals surface area contributed by atoms with Crippen LogP contribution in [0.2, 0.25) is 0 Å². The molecular weight excluding hydrogens is 202 g/mol. The molecule has 0 spiro atoms. The monoisotopic (exact) mass is 225 g/mol. The van der Waals surface area contributed by atoms with Crippen molar-refractivity contribution in [2.75, 3.05) is 6.54 Å². The van der Waals surface area contributed by atoms with E-state index in [-0.39, 0.29) is 0 Å². The SMILES string of the molecule is CCCNC(Cc1nnnn1C)CC(C)C. The van der Waals surface area contributed by atoms with Gasteiger partial charge in [0.2, 0.25) is 0 Å². The van der Waals surface area contributed by atoms with Crippen molar-refractivity contribution in [1.29, 1.82) is 0 Å². The van der Waals surface area contributed by atoms with Gasteiger partial charge in [0, 0.05) is 19.5 Å². The van der Waals surface area contributed by atoms with Crippen LogP contribution in [0.3, 0.4) is 0 Å². The number of hydrogen-bond acceptors (Lipinski definition) is 4. The molecule has 5 heteroatoms. The molecule has 1 unspecified atom stereocenters. The molecule has 0 bridgehead atoms. The van der Waals surface area contributed by atoms with Crippen LogP contribution in [-0.2, 0) is 13.5 Å². The molecule has 1 rings (SSSR count). The lowest BCUT2D eigenvalue weighted by Gasteiger charge is -2.19. The fourth-order valence-corrected chi connectivity index (χ4v) is 1.80. The molecule has 92 valence electrons. The summed E-state index contributed by atoms with van der Waals surface area (Å²) in [5, 5.41) is 15.1. The number of tetrazole rings is 1. The van der Waals surface area contributed by atoms with E-state index in [0.29, 0.717) is 12.0 Å². The largest absolute Gasteiger partial charge is 0.314 e. The molecule has 0 amide bonds. The van der Waals surface area contributed by atoms with E-state index in [2.05, 4.69) is 41.6 Å². The lowest BCUT2D eigenvalue weighted by atomic mass is 10.0. The van der Waals surface area contributed by atoms with Gasteiger partial charge in [-0.2, -0.15) is 0 Å². The van der Waals surface area contributed by atoms with Gasteiger partial charge in [-0.05, 0) is 35.7 Å². The first-order valence-electron chi connectivity index (χ1n) is 6.08. The maximum atomic E-state index is 4.03. The average Bonchev–Trinajstić information content (AvgIpc) is 2.60. The van der Waals surface area contributed by atoms with Gasteiger partial charge >= 0.3 is 0 Å². The third kappa shape index (κ3) is 4.26. The molecule has 1 N–H and O–H groups in total. The second-order valence-electron chi connectivity index (χ2n) is 4.70. The third-order valence-corrected chi connectivity index (χ3v) is 2.58. The third-order valence-electron chi connectivity index (χ3n) is 2.58. The molecule has 0 saturated heterocycles. The minimum absolute atomic E-state index is 0.477. The summed E-state index contributed by atoms with van der Waals surface area (Å²) in [7, 11) is 1.89. The Kier molecular flexibility index (Phi) is 5.38. The molecule has 0 aliphatic heterocycles. The quantitative estimate of drug-likeness (QED) is 0.756. The highest BCUT2D eigenvalue weighted by atomic mass is 15.5. The van der Waals surface area contributed by atoms with Crippen LogP contribution in [0.5, 0.6) is 0 Å². The van der Waals surface area contributed by atoms with Crippen LogP contribution in [0.15, 0.2) is 0 Å². The molecular formula is C11H23N5. The first-order chi connectivity index (χ1) is 7.63. The van der Waals surface area contributed by atoms with Gasteiger partial charge < -0.3 is 5.32 Å². The zero-order valence-corrected chi connectivity index (χ0v) is 10.8. The summed E-state index contributed by atoms with van der Waals surface area (Å²) < 4.78 is 1.75. The molecule has 1 atom stereocenters. The fourth-order valence-electron chi connectivity index (χ4n) is 1.80. The van der Waals surface area contributed by atoms with E-state index in [4.69, 9.17) is 0 Å². The molecule has 0 fully saturated rings. The summed E-state index contributed by atoms with van der Waals surface area (Å²) in [5.74, 6) is 1.64. The summed E-state index contributed by atoms with van der Waals surface area (Å²) in [4.78, 5) is 0. The second kappa shape index (κ2) is 6.58. The van der Waals surface area contributed by atoms with Crippen molar-refractivity contribution in [3.63, 3.8) is 0 Å². The van der Waals surface area contributed by atoms with Crippen molar-refractivity contribution in [3.8, 4) is 0 Å². The number of nitrogens with zero attached hydrogens (tertiary/aromatic N) is 4. The lowest BCUT2D eigenvalue weighted by molar-refractivity contribution is 0.406. The van der Waals surface area contributed by atoms with E-state index in [1.807, 2.05) is 7.05 Å². The first-order valence-corrected chi connectivity index (χ1v) is 6.08. The summed E-state index contributed by atoms with van der Waals surface area (Å²) in [6.45, 7) is 7.73. The van der Waals surface area contributed by atoms with Gasteiger partial charge in [0.1, 0.15) is 0 Å². The zero-order valence-electron chi connectivity index (χ0n) is 10.8. The normalized spacial score (nSPS) is 13.3. The minimum atomic E-state index is 0.477. The van der Waals surface area contributed by atoms with Gasteiger partial charge in [-0.1, -0.05) is 20.8 Å². The summed E-state index contributed by atoms with van der Waals surface area (Å²) in [6, 6.07) is 0.477. The van der Waals surface area contributed by atoms with Gasteiger partial charge in [0.05, 0.1) is 0 Å². The Hall–Kier alpha value is -0.970. The lowest BCUT2D eigenvalue weighted by Crippen LogP contribution is -2.34. The van der Waals surface area contributed by atoms with Crippen LogP contribution in [0.4, 0.5) is 0 Å². The molecule has 16 heavy (non-hydrogen) atoms. The smallest absolute Gasteiger partial charge is 0.152 e. The van der Waals surface area contributed by atoms with Crippen molar-refractivity contribution in [1.82, 2.24) is 25.5 Å². The van der Waals surface area contributed by atoms with E-state index in [1.165, 1.54) is 0 Å². The maximum absolute atomic E-state index is 4.03. The van der Waals surface area contributed by atoms with Crippen molar-refractivity contribution in [3.05, 3.63) is 5.82 Å². The van der Waals surface area contributed by atoms with Crippen molar-refractivity contribution >= 4 is 0 Å². The van der Waals surface area contributed by atoms with Crippen LogP contribution in [0, 0.1) is 5.92 Å². The van der Waals surface area contributed by atoms with Crippen molar-refractivity contribution < 1.29 is 0 Å². The minimum Gasteiger partial charge on any atom is -0.314 e. The van der Waals surface area contributed by atoms with Gasteiger partial charge in [-0.3, -0.25) is 0 Å². The summed E-state index contributed by atoms with van der Waals surface area (Å²) in [5.41, 5.74) is 0. The average molecular weight is 225 g/mol. The first kappa shape index (κ1) is 13.1. The van der Waals surface area contributed by atoms with Gasteiger partial charge in [0.25, 0.3) is 0 Å². The molecule has 1 heterocycles. The van der Waals surface area contributed by atoms with Crippen LogP contribution in [0.25, 0.3) is 0 Å². The maximum Gasteiger partial charge on any atom is 0.152 e. The second-order valence-corrected chi connectivity index (χ2v) is 4.70. The predicted octanol–water partition coefficient (Wildman–Crippen LogP) is 1.17. The van der Waals surface area contributed by atoms with E-state index < -0.39 is 0 Å². The van der Waals surface area contributed by atoms with Gasteiger partial charge in [-0.25, -0.2) is 4.68 Å². The Morgan fingerprint density at radius 3 is 2.62 bits per heavy atom. The molecule has 0 aliphatic rings. The number of aryl methyl sites for hydroxylation is 1. The van der Waals surface area contributed by atoms with Crippen LogP contribution in [0.1, 0.15) is 39.4 Å². The molecule has 0 radical (unpaired) electrons. The predicted molar refractivity (Wildman–Crippen MR) is 64.0 cm³/mol. The highest BCUT2D eigenvalue weighted by Crippen LogP contribution is 2.08. The topological polar surface area (TPSA) is 55.6 Å². The molecule has 5 nitrogen and oxygen atoms in total. The van der Waals surface area contributed by atoms with E-state index in [0.717, 1.165) is 31.6 Å². The Bertz CT molecular complexity index is 294. The van der Waals surface area contributed by atoms with E-state index >= 15 is 0 Å². The molecule has 0 aromatic carbocycles. The van der Waals surface area contributed by atoms with Crippen molar-refractivity contribution in [2.24, 2.45) is 13.0 Å². The van der Waals surface area contributed by atoms with Crippen LogP contribution in [-0.4, -0.2) is 32.8 Å². The number of nitrogens with one attached hydrogen (secondary N) is 1. The Morgan fingerprint density at radius 1 is 1.38 bits per heavy atom.